The van der Waals surface area contributed by atoms with E-state index < -0.39 is 0 Å². The van der Waals surface area contributed by atoms with Crippen molar-refractivity contribution in [1.29, 1.82) is 0 Å². The Hall–Kier alpha value is -0.0600. The molecule has 0 bridgehead atoms. The number of aryl methyl sites for hydroxylation is 1. The number of benzene rings is 1. The molecule has 0 radical (unpaired) electrons. The van der Waals surface area contributed by atoms with Gasteiger partial charge in [0, 0.05) is 17.6 Å². The summed E-state index contributed by atoms with van der Waals surface area (Å²) in [5.74, 6) is 1.01. The van der Waals surface area contributed by atoms with Crippen molar-refractivity contribution in [3.8, 4) is 0 Å². The quantitative estimate of drug-likeness (QED) is 0.522. The third-order valence-electron chi connectivity index (χ3n) is 4.84. The first-order chi connectivity index (χ1) is 10.2. The minimum Gasteiger partial charge on any atom is -0.300 e. The predicted molar refractivity (Wildman–Crippen MR) is 107 cm³/mol. The number of hydrogen-bond donors (Lipinski definition) is 0. The van der Waals surface area contributed by atoms with Crippen LogP contribution < -0.4 is 0 Å². The minimum atomic E-state index is 0. The fraction of sp³-hybridized carbons (Fsp3) is 0.579. The van der Waals surface area contributed by atoms with E-state index >= 15 is 0 Å². The molecule has 1 nitrogen and oxygen atoms in total. The molecule has 1 aliphatic heterocycles. The first-order valence-electron chi connectivity index (χ1n) is 8.39. The molecule has 1 saturated carbocycles. The molecular weight excluding hydrogens is 405 g/mol. The number of likely N-dealkylation sites (tertiary alicyclic amines) is 1. The second kappa shape index (κ2) is 8.70. The summed E-state index contributed by atoms with van der Waals surface area (Å²) in [4.78, 5) is 2.75. The number of halogens is 2. The van der Waals surface area contributed by atoms with Crippen LogP contribution in [0.2, 0.25) is 5.02 Å². The van der Waals surface area contributed by atoms with Gasteiger partial charge in [-0.2, -0.15) is 0 Å². The number of rotatable bonds is 5. The van der Waals surface area contributed by atoms with Crippen LogP contribution in [0, 0.1) is 12.8 Å². The average Bonchev–Trinajstić information content (AvgIpc) is 3.29. The highest BCUT2D eigenvalue weighted by Crippen LogP contribution is 2.32. The molecule has 1 heterocycles. The van der Waals surface area contributed by atoms with E-state index in [1.807, 2.05) is 6.07 Å². The Labute approximate surface area is 157 Å². The summed E-state index contributed by atoms with van der Waals surface area (Å²) in [6.45, 7) is 4.73. The lowest BCUT2D eigenvalue weighted by Gasteiger charge is -2.35. The highest BCUT2D eigenvalue weighted by Gasteiger charge is 2.28. The molecule has 2 aliphatic rings. The molecule has 2 fully saturated rings. The lowest BCUT2D eigenvalue weighted by atomic mass is 9.98. The average molecular weight is 432 g/mol. The molecule has 0 amide bonds. The van der Waals surface area contributed by atoms with Crippen molar-refractivity contribution in [1.82, 2.24) is 4.90 Å². The molecule has 0 N–H and O–H groups in total. The highest BCUT2D eigenvalue weighted by atomic mass is 127. The third kappa shape index (κ3) is 5.24. The molecule has 1 saturated heterocycles. The van der Waals surface area contributed by atoms with Gasteiger partial charge in [0.2, 0.25) is 0 Å². The fourth-order valence-corrected chi connectivity index (χ4v) is 3.45. The van der Waals surface area contributed by atoms with Crippen LogP contribution >= 0.6 is 35.6 Å². The molecule has 1 aromatic carbocycles. The molecule has 122 valence electrons. The van der Waals surface area contributed by atoms with Crippen LogP contribution in [0.4, 0.5) is 0 Å². The fourth-order valence-electron chi connectivity index (χ4n) is 3.33. The van der Waals surface area contributed by atoms with E-state index in [1.54, 1.807) is 0 Å². The predicted octanol–water partition coefficient (Wildman–Crippen LogP) is 5.93. The van der Waals surface area contributed by atoms with Gasteiger partial charge in [-0.25, -0.2) is 0 Å². The van der Waals surface area contributed by atoms with Crippen LogP contribution in [-0.2, 0) is 0 Å². The van der Waals surface area contributed by atoms with Gasteiger partial charge in [-0.3, -0.25) is 4.90 Å². The van der Waals surface area contributed by atoms with E-state index in [9.17, 15) is 0 Å². The topological polar surface area (TPSA) is 3.24 Å². The first kappa shape index (κ1) is 18.3. The van der Waals surface area contributed by atoms with Crippen molar-refractivity contribution in [2.75, 3.05) is 13.1 Å². The van der Waals surface area contributed by atoms with Crippen LogP contribution in [0.5, 0.6) is 0 Å². The summed E-state index contributed by atoms with van der Waals surface area (Å²) in [7, 11) is 0. The van der Waals surface area contributed by atoms with Gasteiger partial charge in [-0.1, -0.05) is 42.3 Å². The summed E-state index contributed by atoms with van der Waals surface area (Å²) < 4.78 is 0. The van der Waals surface area contributed by atoms with E-state index in [0.717, 1.165) is 22.5 Å². The summed E-state index contributed by atoms with van der Waals surface area (Å²) in [5.41, 5.74) is 2.42. The summed E-state index contributed by atoms with van der Waals surface area (Å²) in [6, 6.07) is 7.04. The maximum Gasteiger partial charge on any atom is 0.0435 e. The summed E-state index contributed by atoms with van der Waals surface area (Å²) in [5, 5.41) is 0.857. The van der Waals surface area contributed by atoms with Gasteiger partial charge in [0.05, 0.1) is 0 Å². The second-order valence-electron chi connectivity index (χ2n) is 6.73. The second-order valence-corrected chi connectivity index (χ2v) is 7.14. The Morgan fingerprint density at radius 1 is 1.23 bits per heavy atom. The summed E-state index contributed by atoms with van der Waals surface area (Å²) >= 11 is 6.08. The van der Waals surface area contributed by atoms with E-state index in [0.29, 0.717) is 0 Å². The van der Waals surface area contributed by atoms with Crippen molar-refractivity contribution in [2.24, 2.45) is 5.92 Å². The third-order valence-corrected chi connectivity index (χ3v) is 5.26. The zero-order valence-corrected chi connectivity index (χ0v) is 16.5. The van der Waals surface area contributed by atoms with Gasteiger partial charge < -0.3 is 0 Å². The zero-order valence-electron chi connectivity index (χ0n) is 13.4. The van der Waals surface area contributed by atoms with Gasteiger partial charge in [-0.05, 0) is 68.7 Å². The monoisotopic (exact) mass is 431 g/mol. The Kier molecular flexibility index (Phi) is 7.23. The standard InChI is InChI=1S/C19H26ClN.HI/c1-15-13-16(10-11-19(15)20)5-4-7-18-6-2-3-12-21(18)14-17-8-9-17;/h4-5,10-11,13,17-18H,2-3,6-9,12,14H2,1H3;1H/b5-4+;. The molecule has 1 unspecified atom stereocenters. The van der Waals surface area contributed by atoms with Crippen LogP contribution in [0.15, 0.2) is 24.3 Å². The Bertz CT molecular complexity index is 510. The SMILES string of the molecule is Cc1cc(/C=C/CC2CCCCN2CC2CC2)ccc1Cl.I. The lowest BCUT2D eigenvalue weighted by molar-refractivity contribution is 0.143. The van der Waals surface area contributed by atoms with Crippen LogP contribution in [-0.4, -0.2) is 24.0 Å². The van der Waals surface area contributed by atoms with Crippen LogP contribution in [0.25, 0.3) is 6.08 Å². The molecule has 3 rings (SSSR count). The molecule has 3 heteroatoms. The van der Waals surface area contributed by atoms with E-state index in [-0.39, 0.29) is 24.0 Å². The summed E-state index contributed by atoms with van der Waals surface area (Å²) in [6.07, 6.45) is 12.9. The molecule has 1 atom stereocenters. The van der Waals surface area contributed by atoms with Crippen molar-refractivity contribution in [2.45, 2.75) is 51.5 Å². The maximum atomic E-state index is 6.08. The lowest BCUT2D eigenvalue weighted by Crippen LogP contribution is -2.40. The van der Waals surface area contributed by atoms with Crippen molar-refractivity contribution >= 4 is 41.7 Å². The normalized spacial score (nSPS) is 22.7. The van der Waals surface area contributed by atoms with Gasteiger partial charge in [0.15, 0.2) is 0 Å². The smallest absolute Gasteiger partial charge is 0.0435 e. The van der Waals surface area contributed by atoms with Gasteiger partial charge in [0.1, 0.15) is 0 Å². The first-order valence-corrected chi connectivity index (χ1v) is 8.77. The Morgan fingerprint density at radius 3 is 2.77 bits per heavy atom. The minimum absolute atomic E-state index is 0. The van der Waals surface area contributed by atoms with Crippen LogP contribution in [0.3, 0.4) is 0 Å². The maximum absolute atomic E-state index is 6.08. The molecule has 1 aromatic rings. The highest BCUT2D eigenvalue weighted by molar-refractivity contribution is 14.0. The largest absolute Gasteiger partial charge is 0.300 e. The van der Waals surface area contributed by atoms with Crippen LogP contribution in [0.1, 0.15) is 49.7 Å². The molecule has 1 aliphatic carbocycles. The van der Waals surface area contributed by atoms with E-state index in [1.165, 1.54) is 57.2 Å². The molecule has 0 aromatic heterocycles. The molecule has 22 heavy (non-hydrogen) atoms. The van der Waals surface area contributed by atoms with Crippen molar-refractivity contribution in [3.63, 3.8) is 0 Å². The van der Waals surface area contributed by atoms with Gasteiger partial charge in [0.25, 0.3) is 0 Å². The van der Waals surface area contributed by atoms with Gasteiger partial charge in [-0.15, -0.1) is 24.0 Å². The van der Waals surface area contributed by atoms with Crippen molar-refractivity contribution < 1.29 is 0 Å². The zero-order chi connectivity index (χ0) is 14.7. The van der Waals surface area contributed by atoms with Crippen molar-refractivity contribution in [3.05, 3.63) is 40.4 Å². The number of hydrogen-bond acceptors (Lipinski definition) is 1. The van der Waals surface area contributed by atoms with Gasteiger partial charge >= 0.3 is 0 Å². The van der Waals surface area contributed by atoms with E-state index in [4.69, 9.17) is 11.6 Å². The number of piperidine rings is 1. The number of nitrogens with zero attached hydrogens (tertiary/aromatic N) is 1. The Morgan fingerprint density at radius 2 is 2.05 bits per heavy atom. The van der Waals surface area contributed by atoms with E-state index in [2.05, 4.69) is 36.1 Å². The molecular formula is C19H27ClIN. The Balaban J connectivity index is 0.00000176. The molecule has 0 spiro atoms.